The number of hydrogen-bond donors (Lipinski definition) is 2. The van der Waals surface area contributed by atoms with Crippen molar-refractivity contribution in [2.45, 2.75) is 32.4 Å². The molecular weight excluding hydrogens is 300 g/mol. The standard InChI is InChI=1S/C12H17BrN2O3/c1-2-11(16)5-6-14-8-9-3-4-10(13)7-12(9)15(17)18/h3-4,7,11,14,16H,2,5-6,8H2,1H3. The van der Waals surface area contributed by atoms with Gasteiger partial charge in [0.05, 0.1) is 11.0 Å². The van der Waals surface area contributed by atoms with E-state index in [4.69, 9.17) is 0 Å². The van der Waals surface area contributed by atoms with Gasteiger partial charge in [0.25, 0.3) is 5.69 Å². The molecule has 100 valence electrons. The van der Waals surface area contributed by atoms with E-state index in [9.17, 15) is 15.2 Å². The summed E-state index contributed by atoms with van der Waals surface area (Å²) in [6.45, 7) is 2.99. The molecule has 0 radical (unpaired) electrons. The molecule has 1 aromatic carbocycles. The molecule has 1 unspecified atom stereocenters. The maximum atomic E-state index is 10.9. The van der Waals surface area contributed by atoms with E-state index in [0.29, 0.717) is 29.5 Å². The molecule has 0 aliphatic heterocycles. The van der Waals surface area contributed by atoms with E-state index in [0.717, 1.165) is 6.42 Å². The second-order valence-electron chi connectivity index (χ2n) is 4.06. The molecule has 2 N–H and O–H groups in total. The summed E-state index contributed by atoms with van der Waals surface area (Å²) in [5.74, 6) is 0. The second kappa shape index (κ2) is 7.45. The molecule has 1 atom stereocenters. The summed E-state index contributed by atoms with van der Waals surface area (Å²) in [4.78, 5) is 10.5. The number of nitro groups is 1. The number of aliphatic hydroxyl groups excluding tert-OH is 1. The van der Waals surface area contributed by atoms with E-state index in [2.05, 4.69) is 21.2 Å². The lowest BCUT2D eigenvalue weighted by Gasteiger charge is -2.09. The summed E-state index contributed by atoms with van der Waals surface area (Å²) in [5.41, 5.74) is 0.752. The van der Waals surface area contributed by atoms with E-state index in [-0.39, 0.29) is 16.7 Å². The Hall–Kier alpha value is -0.980. The van der Waals surface area contributed by atoms with Crippen LogP contribution < -0.4 is 5.32 Å². The van der Waals surface area contributed by atoms with Gasteiger partial charge in [-0.2, -0.15) is 0 Å². The van der Waals surface area contributed by atoms with Crippen molar-refractivity contribution < 1.29 is 10.0 Å². The summed E-state index contributed by atoms with van der Waals surface area (Å²) in [5, 5.41) is 23.4. The number of nitrogens with one attached hydrogen (secondary N) is 1. The molecule has 5 nitrogen and oxygen atoms in total. The van der Waals surface area contributed by atoms with Crippen LogP contribution in [0.3, 0.4) is 0 Å². The van der Waals surface area contributed by atoms with Gasteiger partial charge in [0, 0.05) is 22.6 Å². The van der Waals surface area contributed by atoms with Gasteiger partial charge in [-0.3, -0.25) is 10.1 Å². The van der Waals surface area contributed by atoms with Crippen molar-refractivity contribution in [3.63, 3.8) is 0 Å². The van der Waals surface area contributed by atoms with Gasteiger partial charge in [0.2, 0.25) is 0 Å². The average molecular weight is 317 g/mol. The minimum absolute atomic E-state index is 0.105. The van der Waals surface area contributed by atoms with Crippen molar-refractivity contribution in [2.75, 3.05) is 6.54 Å². The third-order valence-corrected chi connectivity index (χ3v) is 3.18. The van der Waals surface area contributed by atoms with Gasteiger partial charge in [0.15, 0.2) is 0 Å². The zero-order valence-electron chi connectivity index (χ0n) is 10.2. The van der Waals surface area contributed by atoms with Crippen LogP contribution in [0.25, 0.3) is 0 Å². The molecule has 0 fully saturated rings. The van der Waals surface area contributed by atoms with Gasteiger partial charge in [-0.15, -0.1) is 0 Å². The summed E-state index contributed by atoms with van der Waals surface area (Å²) in [6.07, 6.45) is 1.07. The van der Waals surface area contributed by atoms with E-state index in [1.165, 1.54) is 6.07 Å². The maximum Gasteiger partial charge on any atom is 0.275 e. The van der Waals surface area contributed by atoms with E-state index >= 15 is 0 Å². The third-order valence-electron chi connectivity index (χ3n) is 2.69. The normalized spacial score (nSPS) is 12.4. The van der Waals surface area contributed by atoms with Crippen molar-refractivity contribution in [3.05, 3.63) is 38.3 Å². The fourth-order valence-corrected chi connectivity index (χ4v) is 1.90. The number of rotatable bonds is 7. The van der Waals surface area contributed by atoms with Crippen molar-refractivity contribution in [1.82, 2.24) is 5.32 Å². The first-order valence-electron chi connectivity index (χ1n) is 5.86. The van der Waals surface area contributed by atoms with Crippen molar-refractivity contribution in [1.29, 1.82) is 0 Å². The molecule has 0 spiro atoms. The molecule has 18 heavy (non-hydrogen) atoms. The summed E-state index contributed by atoms with van der Waals surface area (Å²) >= 11 is 3.22. The van der Waals surface area contributed by atoms with Crippen LogP contribution in [0.5, 0.6) is 0 Å². The van der Waals surface area contributed by atoms with Crippen LogP contribution >= 0.6 is 15.9 Å². The molecule has 0 aliphatic rings. The molecule has 0 saturated heterocycles. The largest absolute Gasteiger partial charge is 0.393 e. The van der Waals surface area contributed by atoms with Crippen LogP contribution in [0.2, 0.25) is 0 Å². The molecule has 6 heteroatoms. The second-order valence-corrected chi connectivity index (χ2v) is 4.97. The van der Waals surface area contributed by atoms with Gasteiger partial charge in [-0.05, 0) is 31.5 Å². The number of halogens is 1. The molecule has 0 saturated carbocycles. The minimum Gasteiger partial charge on any atom is -0.393 e. The Morgan fingerprint density at radius 2 is 2.28 bits per heavy atom. The lowest BCUT2D eigenvalue weighted by molar-refractivity contribution is -0.385. The Labute approximate surface area is 114 Å². The SMILES string of the molecule is CCC(O)CCNCc1ccc(Br)cc1[N+](=O)[O-]. The van der Waals surface area contributed by atoms with Gasteiger partial charge in [0.1, 0.15) is 0 Å². The quantitative estimate of drug-likeness (QED) is 0.460. The van der Waals surface area contributed by atoms with Crippen LogP contribution in [0.4, 0.5) is 5.69 Å². The Morgan fingerprint density at radius 1 is 1.56 bits per heavy atom. The van der Waals surface area contributed by atoms with Gasteiger partial charge < -0.3 is 10.4 Å². The highest BCUT2D eigenvalue weighted by Gasteiger charge is 2.13. The number of nitro benzene ring substituents is 1. The maximum absolute atomic E-state index is 10.9. The lowest BCUT2D eigenvalue weighted by Crippen LogP contribution is -2.20. The fraction of sp³-hybridized carbons (Fsp3) is 0.500. The molecule has 0 aliphatic carbocycles. The summed E-state index contributed by atoms with van der Waals surface area (Å²) in [6, 6.07) is 5.01. The first-order chi connectivity index (χ1) is 8.54. The third kappa shape index (κ3) is 4.72. The fourth-order valence-electron chi connectivity index (χ4n) is 1.55. The van der Waals surface area contributed by atoms with Crippen molar-refractivity contribution in [2.24, 2.45) is 0 Å². The number of benzene rings is 1. The minimum atomic E-state index is -0.386. The first kappa shape index (κ1) is 15.1. The number of nitrogens with zero attached hydrogens (tertiary/aromatic N) is 1. The topological polar surface area (TPSA) is 75.4 Å². The Morgan fingerprint density at radius 3 is 2.89 bits per heavy atom. The first-order valence-corrected chi connectivity index (χ1v) is 6.65. The predicted octanol–water partition coefficient (Wildman–Crippen LogP) is 2.61. The monoisotopic (exact) mass is 316 g/mol. The van der Waals surface area contributed by atoms with Crippen LogP contribution in [0.1, 0.15) is 25.3 Å². The molecule has 1 aromatic rings. The molecule has 1 rings (SSSR count). The lowest BCUT2D eigenvalue weighted by atomic mass is 10.1. The summed E-state index contributed by atoms with van der Waals surface area (Å²) < 4.78 is 0.694. The van der Waals surface area contributed by atoms with Crippen molar-refractivity contribution in [3.8, 4) is 0 Å². The van der Waals surface area contributed by atoms with Crippen molar-refractivity contribution >= 4 is 21.6 Å². The molecule has 0 bridgehead atoms. The Bertz CT molecular complexity index is 412. The molecule has 0 aromatic heterocycles. The van der Waals surface area contributed by atoms with E-state index in [1.807, 2.05) is 6.92 Å². The van der Waals surface area contributed by atoms with Gasteiger partial charge in [-0.25, -0.2) is 0 Å². The smallest absolute Gasteiger partial charge is 0.275 e. The summed E-state index contributed by atoms with van der Waals surface area (Å²) in [7, 11) is 0. The predicted molar refractivity (Wildman–Crippen MR) is 73.4 cm³/mol. The highest BCUT2D eigenvalue weighted by Crippen LogP contribution is 2.23. The van der Waals surface area contributed by atoms with Gasteiger partial charge >= 0.3 is 0 Å². The highest BCUT2D eigenvalue weighted by molar-refractivity contribution is 9.10. The van der Waals surface area contributed by atoms with E-state index in [1.54, 1.807) is 12.1 Å². The van der Waals surface area contributed by atoms with E-state index < -0.39 is 0 Å². The zero-order chi connectivity index (χ0) is 13.5. The molecule has 0 heterocycles. The molecule has 0 amide bonds. The number of aliphatic hydroxyl groups is 1. The average Bonchev–Trinajstić information content (AvgIpc) is 2.35. The van der Waals surface area contributed by atoms with Crippen LogP contribution in [-0.2, 0) is 6.54 Å². The molecular formula is C12H17BrN2O3. The Kier molecular flexibility index (Phi) is 6.24. The van der Waals surface area contributed by atoms with Crippen LogP contribution in [-0.4, -0.2) is 22.7 Å². The highest BCUT2D eigenvalue weighted by atomic mass is 79.9. The van der Waals surface area contributed by atoms with Crippen LogP contribution in [0, 0.1) is 10.1 Å². The number of hydrogen-bond acceptors (Lipinski definition) is 4. The zero-order valence-corrected chi connectivity index (χ0v) is 11.8. The van der Waals surface area contributed by atoms with Gasteiger partial charge in [-0.1, -0.05) is 22.9 Å². The Balaban J connectivity index is 2.54. The van der Waals surface area contributed by atoms with Crippen LogP contribution in [0.15, 0.2) is 22.7 Å².